The van der Waals surface area contributed by atoms with Gasteiger partial charge in [-0.25, -0.2) is 14.8 Å². The van der Waals surface area contributed by atoms with Crippen LogP contribution in [0, 0.1) is 6.92 Å². The molecule has 3 aromatic heterocycles. The van der Waals surface area contributed by atoms with Gasteiger partial charge in [0.25, 0.3) is 0 Å². The van der Waals surface area contributed by atoms with Crippen molar-refractivity contribution in [3.05, 3.63) is 35.5 Å². The standard InChI is InChI=1S/C17H15N3O3/c1-3-4-12-20-16-11(23-12)6-5-9-14(16)13-8(2)15(17(21)22)18-7-10(13)19-9/h5-7,19H,3-4H2,1-2H3,(H,21,22). The van der Waals surface area contributed by atoms with E-state index in [2.05, 4.69) is 21.9 Å². The predicted molar refractivity (Wildman–Crippen MR) is 86.9 cm³/mol. The molecule has 6 heteroatoms. The second kappa shape index (κ2) is 4.81. The first-order valence-electron chi connectivity index (χ1n) is 7.53. The van der Waals surface area contributed by atoms with Gasteiger partial charge in [0.15, 0.2) is 17.2 Å². The third-order valence-corrected chi connectivity index (χ3v) is 4.11. The molecule has 0 saturated carbocycles. The topological polar surface area (TPSA) is 92.0 Å². The Morgan fingerprint density at radius 3 is 2.87 bits per heavy atom. The van der Waals surface area contributed by atoms with Gasteiger partial charge in [0.2, 0.25) is 0 Å². The van der Waals surface area contributed by atoms with Crippen LogP contribution in [0.25, 0.3) is 32.9 Å². The SMILES string of the molecule is CCCc1nc2c(ccc3[nH]c4cnc(C(=O)O)c(C)c4c32)o1. The summed E-state index contributed by atoms with van der Waals surface area (Å²) < 4.78 is 5.80. The molecule has 6 nitrogen and oxygen atoms in total. The molecule has 0 aliphatic carbocycles. The van der Waals surface area contributed by atoms with E-state index in [0.29, 0.717) is 11.5 Å². The van der Waals surface area contributed by atoms with E-state index in [-0.39, 0.29) is 5.69 Å². The maximum atomic E-state index is 11.4. The van der Waals surface area contributed by atoms with Gasteiger partial charge in [0.1, 0.15) is 5.52 Å². The van der Waals surface area contributed by atoms with Gasteiger partial charge in [-0.05, 0) is 31.0 Å². The zero-order valence-electron chi connectivity index (χ0n) is 12.8. The van der Waals surface area contributed by atoms with Crippen molar-refractivity contribution in [2.24, 2.45) is 0 Å². The van der Waals surface area contributed by atoms with Gasteiger partial charge >= 0.3 is 5.97 Å². The Bertz CT molecular complexity index is 1080. The molecular weight excluding hydrogens is 294 g/mol. The van der Waals surface area contributed by atoms with Crippen LogP contribution in [0.3, 0.4) is 0 Å². The number of aromatic carboxylic acids is 1. The van der Waals surface area contributed by atoms with Crippen molar-refractivity contribution in [1.82, 2.24) is 15.0 Å². The van der Waals surface area contributed by atoms with Crippen molar-refractivity contribution in [2.45, 2.75) is 26.7 Å². The minimum Gasteiger partial charge on any atom is -0.477 e. The monoisotopic (exact) mass is 309 g/mol. The molecule has 0 aliphatic rings. The Kier molecular flexibility index (Phi) is 2.87. The molecule has 0 radical (unpaired) electrons. The number of carboxylic acid groups (broad SMARTS) is 1. The molecule has 0 unspecified atom stereocenters. The number of carboxylic acids is 1. The quantitative estimate of drug-likeness (QED) is 0.600. The fourth-order valence-electron chi connectivity index (χ4n) is 3.11. The van der Waals surface area contributed by atoms with Crippen molar-refractivity contribution < 1.29 is 14.3 Å². The number of H-pyrrole nitrogens is 1. The largest absolute Gasteiger partial charge is 0.477 e. The van der Waals surface area contributed by atoms with Gasteiger partial charge in [0, 0.05) is 22.7 Å². The average molecular weight is 309 g/mol. The second-order valence-electron chi connectivity index (χ2n) is 5.64. The highest BCUT2D eigenvalue weighted by atomic mass is 16.4. The maximum absolute atomic E-state index is 11.4. The van der Waals surface area contributed by atoms with Gasteiger partial charge in [-0.2, -0.15) is 0 Å². The highest BCUT2D eigenvalue weighted by molar-refractivity contribution is 6.19. The lowest BCUT2D eigenvalue weighted by Crippen LogP contribution is -2.03. The van der Waals surface area contributed by atoms with Crippen LogP contribution in [0.1, 0.15) is 35.3 Å². The summed E-state index contributed by atoms with van der Waals surface area (Å²) in [5.74, 6) is -0.327. The molecule has 4 rings (SSSR count). The van der Waals surface area contributed by atoms with Crippen LogP contribution >= 0.6 is 0 Å². The van der Waals surface area contributed by atoms with Crippen LogP contribution in [0.15, 0.2) is 22.7 Å². The Hall–Kier alpha value is -2.89. The Labute approximate surface area is 131 Å². The molecule has 2 N–H and O–H groups in total. The number of rotatable bonds is 3. The lowest BCUT2D eigenvalue weighted by Gasteiger charge is -2.01. The number of nitrogens with one attached hydrogen (secondary N) is 1. The van der Waals surface area contributed by atoms with E-state index in [1.165, 1.54) is 0 Å². The van der Waals surface area contributed by atoms with E-state index < -0.39 is 5.97 Å². The molecule has 3 heterocycles. The fourth-order valence-corrected chi connectivity index (χ4v) is 3.11. The predicted octanol–water partition coefficient (Wildman–Crippen LogP) is 3.82. The fraction of sp³-hybridized carbons (Fsp3) is 0.235. The highest BCUT2D eigenvalue weighted by Gasteiger charge is 2.19. The maximum Gasteiger partial charge on any atom is 0.354 e. The van der Waals surface area contributed by atoms with Crippen molar-refractivity contribution in [3.63, 3.8) is 0 Å². The van der Waals surface area contributed by atoms with Gasteiger partial charge in [-0.15, -0.1) is 0 Å². The van der Waals surface area contributed by atoms with Crippen molar-refractivity contribution in [2.75, 3.05) is 0 Å². The summed E-state index contributed by atoms with van der Waals surface area (Å²) in [5, 5.41) is 11.1. The van der Waals surface area contributed by atoms with Crippen molar-refractivity contribution in [3.8, 4) is 0 Å². The number of aromatic nitrogens is 3. The molecule has 116 valence electrons. The molecule has 0 amide bonds. The number of aryl methyl sites for hydroxylation is 2. The molecule has 0 aliphatic heterocycles. The molecular formula is C17H15N3O3. The Morgan fingerprint density at radius 2 is 2.13 bits per heavy atom. The number of aromatic amines is 1. The van der Waals surface area contributed by atoms with Gasteiger partial charge in [-0.1, -0.05) is 6.92 Å². The third kappa shape index (κ3) is 1.91. The molecule has 4 aromatic rings. The summed E-state index contributed by atoms with van der Waals surface area (Å²) in [4.78, 5) is 23.3. The molecule has 1 aromatic carbocycles. The second-order valence-corrected chi connectivity index (χ2v) is 5.64. The molecule has 0 atom stereocenters. The smallest absolute Gasteiger partial charge is 0.354 e. The van der Waals surface area contributed by atoms with E-state index in [9.17, 15) is 9.90 Å². The summed E-state index contributed by atoms with van der Waals surface area (Å²) in [5.41, 5.74) is 3.88. The van der Waals surface area contributed by atoms with Crippen molar-refractivity contribution in [1.29, 1.82) is 0 Å². The lowest BCUT2D eigenvalue weighted by molar-refractivity contribution is 0.0690. The van der Waals surface area contributed by atoms with E-state index in [4.69, 9.17) is 4.42 Å². The average Bonchev–Trinajstić information content (AvgIpc) is 3.07. The van der Waals surface area contributed by atoms with Crippen LogP contribution in [0.2, 0.25) is 0 Å². The normalized spacial score (nSPS) is 11.7. The zero-order chi connectivity index (χ0) is 16.1. The summed E-state index contributed by atoms with van der Waals surface area (Å²) in [6, 6.07) is 3.82. The van der Waals surface area contributed by atoms with Gasteiger partial charge in [0.05, 0.1) is 11.7 Å². The number of nitrogens with zero attached hydrogens (tertiary/aromatic N) is 2. The van der Waals surface area contributed by atoms with Crippen LogP contribution in [0.4, 0.5) is 0 Å². The molecule has 0 bridgehead atoms. The van der Waals surface area contributed by atoms with Crippen LogP contribution in [-0.2, 0) is 6.42 Å². The first-order chi connectivity index (χ1) is 11.1. The number of fused-ring (bicyclic) bond motifs is 5. The molecule has 0 fully saturated rings. The number of hydrogen-bond donors (Lipinski definition) is 2. The summed E-state index contributed by atoms with van der Waals surface area (Å²) >= 11 is 0. The van der Waals surface area contributed by atoms with E-state index in [0.717, 1.165) is 45.7 Å². The lowest BCUT2D eigenvalue weighted by atomic mass is 10.1. The number of pyridine rings is 1. The van der Waals surface area contributed by atoms with Gasteiger partial charge < -0.3 is 14.5 Å². The summed E-state index contributed by atoms with van der Waals surface area (Å²) in [7, 11) is 0. The number of carbonyl (C=O) groups is 1. The van der Waals surface area contributed by atoms with Gasteiger partial charge in [-0.3, -0.25) is 0 Å². The van der Waals surface area contributed by atoms with Crippen LogP contribution in [0.5, 0.6) is 0 Å². The van der Waals surface area contributed by atoms with E-state index >= 15 is 0 Å². The first kappa shape index (κ1) is 13.8. The number of benzene rings is 1. The van der Waals surface area contributed by atoms with Crippen LogP contribution in [-0.4, -0.2) is 26.0 Å². The summed E-state index contributed by atoms with van der Waals surface area (Å²) in [6.07, 6.45) is 3.29. The number of oxazole rings is 1. The Balaban J connectivity index is 2.16. The minimum atomic E-state index is -1.03. The molecule has 23 heavy (non-hydrogen) atoms. The first-order valence-corrected chi connectivity index (χ1v) is 7.53. The highest BCUT2D eigenvalue weighted by Crippen LogP contribution is 2.34. The van der Waals surface area contributed by atoms with Crippen LogP contribution < -0.4 is 0 Å². The summed E-state index contributed by atoms with van der Waals surface area (Å²) in [6.45, 7) is 3.85. The number of hydrogen-bond acceptors (Lipinski definition) is 4. The van der Waals surface area contributed by atoms with E-state index in [1.54, 1.807) is 13.1 Å². The Morgan fingerprint density at radius 1 is 1.30 bits per heavy atom. The molecule has 0 spiro atoms. The van der Waals surface area contributed by atoms with E-state index in [1.807, 2.05) is 12.1 Å². The zero-order valence-corrected chi connectivity index (χ0v) is 12.8. The molecule has 0 saturated heterocycles. The van der Waals surface area contributed by atoms with Crippen molar-refractivity contribution >= 4 is 38.9 Å². The third-order valence-electron chi connectivity index (χ3n) is 4.11. The minimum absolute atomic E-state index is 0.0627.